The van der Waals surface area contributed by atoms with Crippen molar-refractivity contribution in [3.63, 3.8) is 0 Å². The van der Waals surface area contributed by atoms with Crippen molar-refractivity contribution in [1.29, 1.82) is 0 Å². The number of pyridine rings is 1. The van der Waals surface area contributed by atoms with Gasteiger partial charge in [-0.05, 0) is 43.2 Å². The Labute approximate surface area is 152 Å². The normalized spacial score (nSPS) is 21.3. The van der Waals surface area contributed by atoms with Crippen LogP contribution in [0, 0.1) is 6.92 Å². The first kappa shape index (κ1) is 16.6. The molecule has 3 heterocycles. The number of nitrogens with zero attached hydrogens (tertiary/aromatic N) is 2. The Kier molecular flexibility index (Phi) is 4.52. The van der Waals surface area contributed by atoms with Crippen LogP contribution < -0.4 is 0 Å². The number of hydrogen-bond acceptors (Lipinski definition) is 4. The van der Waals surface area contributed by atoms with E-state index in [9.17, 15) is 4.79 Å². The third kappa shape index (κ3) is 3.58. The molecule has 2 aliphatic rings. The van der Waals surface area contributed by atoms with E-state index in [1.807, 2.05) is 60.0 Å². The molecule has 2 saturated heterocycles. The molecular formula is C20H22N2O2S. The van der Waals surface area contributed by atoms with Gasteiger partial charge >= 0.3 is 0 Å². The van der Waals surface area contributed by atoms with Gasteiger partial charge in [0.25, 0.3) is 5.91 Å². The molecule has 5 heteroatoms. The number of aromatic nitrogens is 1. The van der Waals surface area contributed by atoms with Crippen LogP contribution in [0.5, 0.6) is 0 Å². The third-order valence-electron chi connectivity index (χ3n) is 4.95. The molecule has 0 bridgehead atoms. The lowest BCUT2D eigenvalue weighted by atomic mass is 9.92. The number of aryl methyl sites for hydroxylation is 1. The summed E-state index contributed by atoms with van der Waals surface area (Å²) in [4.78, 5) is 18.5. The van der Waals surface area contributed by atoms with E-state index in [4.69, 9.17) is 4.74 Å². The molecule has 1 spiro atoms. The quantitative estimate of drug-likeness (QED) is 0.845. The van der Waals surface area contributed by atoms with Crippen LogP contribution in [0.1, 0.15) is 27.9 Å². The SMILES string of the molecule is Cc1ccc(C(=O)N2CC3(C[C@H](OCc4ccncc4)CS3)C2)cc1. The highest BCUT2D eigenvalue weighted by Gasteiger charge is 2.50. The third-order valence-corrected chi connectivity index (χ3v) is 6.53. The molecule has 2 aromatic rings. The minimum Gasteiger partial charge on any atom is -0.373 e. The predicted octanol–water partition coefficient (Wildman–Crippen LogP) is 3.31. The lowest BCUT2D eigenvalue weighted by Gasteiger charge is -2.47. The van der Waals surface area contributed by atoms with Crippen LogP contribution in [0.4, 0.5) is 0 Å². The van der Waals surface area contributed by atoms with E-state index in [0.29, 0.717) is 6.61 Å². The molecule has 130 valence electrons. The zero-order valence-corrected chi connectivity index (χ0v) is 15.2. The van der Waals surface area contributed by atoms with Gasteiger partial charge in [-0.2, -0.15) is 0 Å². The maximum absolute atomic E-state index is 12.6. The first-order chi connectivity index (χ1) is 12.1. The van der Waals surface area contributed by atoms with E-state index in [-0.39, 0.29) is 16.8 Å². The molecule has 1 atom stereocenters. The minimum atomic E-state index is 0.146. The molecule has 1 aromatic carbocycles. The number of amides is 1. The maximum atomic E-state index is 12.6. The predicted molar refractivity (Wildman–Crippen MR) is 99.7 cm³/mol. The fourth-order valence-electron chi connectivity index (χ4n) is 3.49. The molecule has 1 aromatic heterocycles. The summed E-state index contributed by atoms with van der Waals surface area (Å²) >= 11 is 1.96. The van der Waals surface area contributed by atoms with Crippen LogP contribution in [0.15, 0.2) is 48.8 Å². The van der Waals surface area contributed by atoms with Gasteiger partial charge in [0, 0.05) is 36.8 Å². The first-order valence-corrected chi connectivity index (χ1v) is 9.63. The largest absolute Gasteiger partial charge is 0.373 e. The number of rotatable bonds is 4. The highest BCUT2D eigenvalue weighted by molar-refractivity contribution is 8.01. The van der Waals surface area contributed by atoms with Crippen LogP contribution in [-0.4, -0.2) is 45.5 Å². The van der Waals surface area contributed by atoms with Crippen molar-refractivity contribution >= 4 is 17.7 Å². The summed E-state index contributed by atoms with van der Waals surface area (Å²) in [7, 11) is 0. The Balaban J connectivity index is 1.28. The van der Waals surface area contributed by atoms with Gasteiger partial charge in [0.15, 0.2) is 0 Å². The van der Waals surface area contributed by atoms with Gasteiger partial charge in [-0.25, -0.2) is 0 Å². The Morgan fingerprint density at radius 1 is 1.24 bits per heavy atom. The molecule has 0 saturated carbocycles. The number of carbonyl (C=O) groups is 1. The minimum absolute atomic E-state index is 0.146. The van der Waals surface area contributed by atoms with Gasteiger partial charge < -0.3 is 9.64 Å². The van der Waals surface area contributed by atoms with Gasteiger partial charge in [-0.3, -0.25) is 9.78 Å². The Hall–Kier alpha value is -1.85. The van der Waals surface area contributed by atoms with E-state index in [1.54, 1.807) is 12.4 Å². The molecule has 4 rings (SSSR count). The fraction of sp³-hybridized carbons (Fsp3) is 0.400. The smallest absolute Gasteiger partial charge is 0.253 e. The molecule has 0 aliphatic carbocycles. The van der Waals surface area contributed by atoms with Gasteiger partial charge in [0.2, 0.25) is 0 Å². The van der Waals surface area contributed by atoms with Crippen LogP contribution in [-0.2, 0) is 11.3 Å². The Bertz CT molecular complexity index is 742. The van der Waals surface area contributed by atoms with Crippen molar-refractivity contribution in [2.75, 3.05) is 18.8 Å². The number of thioether (sulfide) groups is 1. The van der Waals surface area contributed by atoms with Gasteiger partial charge in [-0.1, -0.05) is 17.7 Å². The highest BCUT2D eigenvalue weighted by atomic mass is 32.2. The summed E-state index contributed by atoms with van der Waals surface area (Å²) in [5.74, 6) is 1.16. The molecule has 0 radical (unpaired) electrons. The summed E-state index contributed by atoms with van der Waals surface area (Å²) in [5, 5.41) is 0. The second-order valence-electron chi connectivity index (χ2n) is 7.01. The Morgan fingerprint density at radius 2 is 1.96 bits per heavy atom. The molecule has 0 N–H and O–H groups in total. The van der Waals surface area contributed by atoms with Crippen molar-refractivity contribution in [2.24, 2.45) is 0 Å². The number of ether oxygens (including phenoxy) is 1. The van der Waals surface area contributed by atoms with Crippen LogP contribution in [0.3, 0.4) is 0 Å². The molecule has 1 amide bonds. The molecule has 0 unspecified atom stereocenters. The summed E-state index contributed by atoms with van der Waals surface area (Å²) in [6.45, 7) is 4.34. The second kappa shape index (κ2) is 6.81. The Morgan fingerprint density at radius 3 is 2.68 bits per heavy atom. The summed E-state index contributed by atoms with van der Waals surface area (Å²) in [6.07, 6.45) is 4.89. The summed E-state index contributed by atoms with van der Waals surface area (Å²) < 4.78 is 6.26. The second-order valence-corrected chi connectivity index (χ2v) is 8.50. The van der Waals surface area contributed by atoms with Crippen LogP contribution in [0.25, 0.3) is 0 Å². The van der Waals surface area contributed by atoms with Crippen molar-refractivity contribution in [1.82, 2.24) is 9.88 Å². The van der Waals surface area contributed by atoms with Crippen molar-refractivity contribution in [3.8, 4) is 0 Å². The van der Waals surface area contributed by atoms with E-state index in [1.165, 1.54) is 5.56 Å². The van der Waals surface area contributed by atoms with E-state index in [0.717, 1.165) is 36.4 Å². The van der Waals surface area contributed by atoms with E-state index >= 15 is 0 Å². The van der Waals surface area contributed by atoms with Gasteiger partial charge in [-0.15, -0.1) is 11.8 Å². The fourth-order valence-corrected chi connectivity index (χ4v) is 5.05. The molecule has 4 nitrogen and oxygen atoms in total. The zero-order valence-electron chi connectivity index (χ0n) is 14.4. The van der Waals surface area contributed by atoms with Crippen molar-refractivity contribution in [3.05, 3.63) is 65.5 Å². The first-order valence-electron chi connectivity index (χ1n) is 8.64. The van der Waals surface area contributed by atoms with E-state index < -0.39 is 0 Å². The lowest BCUT2D eigenvalue weighted by molar-refractivity contribution is 0.0255. The number of carbonyl (C=O) groups excluding carboxylic acids is 1. The van der Waals surface area contributed by atoms with Crippen LogP contribution >= 0.6 is 11.8 Å². The average Bonchev–Trinajstić information content (AvgIpc) is 3.04. The maximum Gasteiger partial charge on any atom is 0.253 e. The number of benzene rings is 1. The standard InChI is InChI=1S/C20H22N2O2S/c1-15-2-4-17(5-3-15)19(23)22-13-20(14-22)10-18(12-25-20)24-11-16-6-8-21-9-7-16/h2-9,18H,10-14H2,1H3/t18-/m0/s1. The van der Waals surface area contributed by atoms with Crippen molar-refractivity contribution in [2.45, 2.75) is 30.8 Å². The molecular weight excluding hydrogens is 332 g/mol. The number of hydrogen-bond donors (Lipinski definition) is 0. The zero-order chi connectivity index (χ0) is 17.3. The topological polar surface area (TPSA) is 42.4 Å². The average molecular weight is 354 g/mol. The summed E-state index contributed by atoms with van der Waals surface area (Å²) in [6, 6.07) is 11.8. The summed E-state index contributed by atoms with van der Waals surface area (Å²) in [5.41, 5.74) is 3.12. The highest BCUT2D eigenvalue weighted by Crippen LogP contribution is 2.46. The molecule has 25 heavy (non-hydrogen) atoms. The van der Waals surface area contributed by atoms with Crippen LogP contribution in [0.2, 0.25) is 0 Å². The van der Waals surface area contributed by atoms with Gasteiger partial charge in [0.05, 0.1) is 17.5 Å². The number of likely N-dealkylation sites (tertiary alicyclic amines) is 1. The monoisotopic (exact) mass is 354 g/mol. The molecule has 2 aliphatic heterocycles. The van der Waals surface area contributed by atoms with E-state index in [2.05, 4.69) is 4.98 Å². The molecule has 2 fully saturated rings. The van der Waals surface area contributed by atoms with Gasteiger partial charge in [0.1, 0.15) is 0 Å². The van der Waals surface area contributed by atoms with Crippen molar-refractivity contribution < 1.29 is 9.53 Å². The lowest BCUT2D eigenvalue weighted by Crippen LogP contribution is -2.60.